The Bertz CT molecular complexity index is 1150. The number of rotatable bonds is 9. The molecule has 0 unspecified atom stereocenters. The summed E-state index contributed by atoms with van der Waals surface area (Å²) in [5, 5.41) is 0. The summed E-state index contributed by atoms with van der Waals surface area (Å²) in [7, 11) is 0. The van der Waals surface area contributed by atoms with Crippen LogP contribution in [0.25, 0.3) is 11.1 Å². The summed E-state index contributed by atoms with van der Waals surface area (Å²) in [6.07, 6.45) is 5.12. The lowest BCUT2D eigenvalue weighted by Gasteiger charge is -2.28. The van der Waals surface area contributed by atoms with Crippen LogP contribution in [0.1, 0.15) is 57.4 Å². The van der Waals surface area contributed by atoms with E-state index in [0.717, 1.165) is 42.9 Å². The van der Waals surface area contributed by atoms with Crippen molar-refractivity contribution < 1.29 is 31.4 Å². The van der Waals surface area contributed by atoms with Gasteiger partial charge >= 0.3 is 6.36 Å². The van der Waals surface area contributed by atoms with Gasteiger partial charge in [0.05, 0.1) is 0 Å². The predicted molar refractivity (Wildman–Crippen MR) is 134 cm³/mol. The molecule has 1 fully saturated rings. The fourth-order valence-electron chi connectivity index (χ4n) is 5.13. The van der Waals surface area contributed by atoms with Crippen LogP contribution in [0.15, 0.2) is 60.7 Å². The second-order valence-corrected chi connectivity index (χ2v) is 9.77. The lowest BCUT2D eigenvalue weighted by atomic mass is 9.78. The Balaban J connectivity index is 1.43. The van der Waals surface area contributed by atoms with E-state index in [2.05, 4.69) is 11.7 Å². The van der Waals surface area contributed by atoms with Crippen LogP contribution in [0, 0.1) is 23.5 Å². The molecular weight excluding hydrogens is 487 g/mol. The van der Waals surface area contributed by atoms with Crippen molar-refractivity contribution >= 4 is 0 Å². The minimum atomic E-state index is -4.83. The topological polar surface area (TPSA) is 18.5 Å². The number of hydrogen-bond donors (Lipinski definition) is 0. The van der Waals surface area contributed by atoms with Gasteiger partial charge in [-0.3, -0.25) is 0 Å². The van der Waals surface area contributed by atoms with E-state index >= 15 is 0 Å². The zero-order valence-electron chi connectivity index (χ0n) is 20.8. The van der Waals surface area contributed by atoms with E-state index in [4.69, 9.17) is 4.74 Å². The quantitative estimate of drug-likeness (QED) is 0.263. The van der Waals surface area contributed by atoms with Crippen LogP contribution >= 0.6 is 0 Å². The second kappa shape index (κ2) is 12.0. The minimum absolute atomic E-state index is 0.0468. The first-order valence-corrected chi connectivity index (χ1v) is 12.8. The maximum atomic E-state index is 14.7. The third-order valence-electron chi connectivity index (χ3n) is 7.10. The Morgan fingerprint density at radius 3 is 1.95 bits per heavy atom. The third-order valence-corrected chi connectivity index (χ3v) is 7.10. The number of hydrogen-bond acceptors (Lipinski definition) is 2. The first kappa shape index (κ1) is 27.0. The summed E-state index contributed by atoms with van der Waals surface area (Å²) in [5.74, 6) is -1.33. The van der Waals surface area contributed by atoms with Crippen molar-refractivity contribution in [3.05, 3.63) is 77.9 Å². The minimum Gasteiger partial charge on any atom is -0.454 e. The Hall–Kier alpha value is -3.09. The fourth-order valence-corrected chi connectivity index (χ4v) is 5.13. The van der Waals surface area contributed by atoms with Gasteiger partial charge in [0.1, 0.15) is 11.5 Å². The summed E-state index contributed by atoms with van der Waals surface area (Å²) in [6, 6.07) is 14.6. The molecular formula is C30H31F5O2. The Kier molecular flexibility index (Phi) is 8.72. The lowest BCUT2D eigenvalue weighted by Crippen LogP contribution is -2.16. The largest absolute Gasteiger partial charge is 0.573 e. The van der Waals surface area contributed by atoms with Gasteiger partial charge in [0.2, 0.25) is 5.82 Å². The number of ether oxygens (including phenoxy) is 2. The number of alkyl halides is 3. The smallest absolute Gasteiger partial charge is 0.454 e. The highest BCUT2D eigenvalue weighted by molar-refractivity contribution is 5.71. The van der Waals surface area contributed by atoms with Gasteiger partial charge in [-0.15, -0.1) is 13.2 Å². The van der Waals surface area contributed by atoms with Crippen LogP contribution in [-0.4, -0.2) is 6.36 Å². The van der Waals surface area contributed by atoms with Crippen molar-refractivity contribution in [1.29, 1.82) is 0 Å². The van der Waals surface area contributed by atoms with E-state index in [9.17, 15) is 22.0 Å². The average Bonchev–Trinajstić information content (AvgIpc) is 2.87. The molecule has 7 heteroatoms. The molecule has 1 aliphatic rings. The summed E-state index contributed by atoms with van der Waals surface area (Å²) in [5.41, 5.74) is 2.18. The molecule has 0 aliphatic heterocycles. The number of aryl methyl sites for hydroxylation is 1. The SMILES string of the molecule is CCC[C@H]1CC[C@H](CCc2ccc(-c3ccc(F)c(F)c3Oc3ccc(OC(F)(F)F)cc3)cc2)CC1. The van der Waals surface area contributed by atoms with Crippen molar-refractivity contribution in [3.8, 4) is 28.4 Å². The van der Waals surface area contributed by atoms with Gasteiger partial charge in [0, 0.05) is 5.56 Å². The number of benzene rings is 3. The molecule has 4 rings (SSSR count). The molecule has 0 saturated heterocycles. The summed E-state index contributed by atoms with van der Waals surface area (Å²) in [4.78, 5) is 0. The molecule has 3 aromatic rings. The van der Waals surface area contributed by atoms with Crippen LogP contribution in [0.5, 0.6) is 17.2 Å². The molecule has 37 heavy (non-hydrogen) atoms. The fraction of sp³-hybridized carbons (Fsp3) is 0.400. The highest BCUT2D eigenvalue weighted by atomic mass is 19.4. The van der Waals surface area contributed by atoms with E-state index in [-0.39, 0.29) is 11.5 Å². The molecule has 1 aliphatic carbocycles. The molecule has 1 saturated carbocycles. The molecule has 2 nitrogen and oxygen atoms in total. The zero-order valence-corrected chi connectivity index (χ0v) is 20.8. The van der Waals surface area contributed by atoms with E-state index in [1.807, 2.05) is 24.3 Å². The summed E-state index contributed by atoms with van der Waals surface area (Å²) >= 11 is 0. The van der Waals surface area contributed by atoms with E-state index in [0.29, 0.717) is 11.1 Å². The monoisotopic (exact) mass is 518 g/mol. The molecule has 0 bridgehead atoms. The molecule has 0 radical (unpaired) electrons. The van der Waals surface area contributed by atoms with Crippen LogP contribution in [0.3, 0.4) is 0 Å². The third kappa shape index (κ3) is 7.46. The maximum Gasteiger partial charge on any atom is 0.573 e. The zero-order chi connectivity index (χ0) is 26.4. The first-order valence-electron chi connectivity index (χ1n) is 12.8. The standard InChI is InChI=1S/C30H31F5O2/c1-2-3-20-4-6-21(7-5-20)8-9-22-10-12-23(13-11-22)26-18-19-27(31)28(32)29(26)36-24-14-16-25(17-15-24)37-30(33,34)35/h10-21H,2-9H2,1H3/t20-,21-. The van der Waals surface area contributed by atoms with Gasteiger partial charge < -0.3 is 9.47 Å². The van der Waals surface area contributed by atoms with Crippen molar-refractivity contribution in [2.24, 2.45) is 11.8 Å². The van der Waals surface area contributed by atoms with Crippen LogP contribution in [0.2, 0.25) is 0 Å². The van der Waals surface area contributed by atoms with Crippen molar-refractivity contribution in [2.45, 2.75) is 64.7 Å². The molecule has 0 heterocycles. The molecule has 0 N–H and O–H groups in total. The normalized spacial score (nSPS) is 18.0. The average molecular weight is 519 g/mol. The molecule has 0 amide bonds. The van der Waals surface area contributed by atoms with Gasteiger partial charge in [0.15, 0.2) is 11.6 Å². The molecule has 0 aromatic heterocycles. The molecule has 3 aromatic carbocycles. The van der Waals surface area contributed by atoms with Gasteiger partial charge in [0.25, 0.3) is 0 Å². The van der Waals surface area contributed by atoms with Gasteiger partial charge in [-0.25, -0.2) is 4.39 Å². The van der Waals surface area contributed by atoms with Crippen LogP contribution in [0.4, 0.5) is 22.0 Å². The van der Waals surface area contributed by atoms with Crippen molar-refractivity contribution in [3.63, 3.8) is 0 Å². The second-order valence-electron chi connectivity index (χ2n) is 9.77. The summed E-state index contributed by atoms with van der Waals surface area (Å²) in [6.45, 7) is 2.25. The molecule has 0 spiro atoms. The maximum absolute atomic E-state index is 14.7. The predicted octanol–water partition coefficient (Wildman–Crippen LogP) is 9.86. The highest BCUT2D eigenvalue weighted by Gasteiger charge is 2.31. The lowest BCUT2D eigenvalue weighted by molar-refractivity contribution is -0.274. The Morgan fingerprint density at radius 1 is 0.757 bits per heavy atom. The van der Waals surface area contributed by atoms with E-state index in [1.165, 1.54) is 62.3 Å². The highest BCUT2D eigenvalue weighted by Crippen LogP contribution is 2.38. The van der Waals surface area contributed by atoms with Crippen molar-refractivity contribution in [1.82, 2.24) is 0 Å². The van der Waals surface area contributed by atoms with E-state index in [1.54, 1.807) is 0 Å². The van der Waals surface area contributed by atoms with Crippen molar-refractivity contribution in [2.75, 3.05) is 0 Å². The van der Waals surface area contributed by atoms with E-state index < -0.39 is 23.7 Å². The van der Waals surface area contributed by atoms with Crippen LogP contribution < -0.4 is 9.47 Å². The number of halogens is 5. The van der Waals surface area contributed by atoms with Gasteiger partial charge in [-0.1, -0.05) is 69.7 Å². The summed E-state index contributed by atoms with van der Waals surface area (Å²) < 4.78 is 75.4. The van der Waals surface area contributed by atoms with Gasteiger partial charge in [-0.05, 0) is 72.2 Å². The molecule has 0 atom stereocenters. The van der Waals surface area contributed by atoms with Crippen LogP contribution in [-0.2, 0) is 6.42 Å². The first-order chi connectivity index (χ1) is 17.7. The molecule has 198 valence electrons. The Morgan fingerprint density at radius 2 is 1.35 bits per heavy atom. The Labute approximate surface area is 214 Å². The van der Waals surface area contributed by atoms with Gasteiger partial charge in [-0.2, -0.15) is 4.39 Å².